The van der Waals surface area contributed by atoms with Crippen LogP contribution in [0.4, 0.5) is 0 Å². The molecule has 0 aliphatic heterocycles. The van der Waals surface area contributed by atoms with Gasteiger partial charge in [-0.15, -0.1) is 0 Å². The second-order valence-corrected chi connectivity index (χ2v) is 7.23. The zero-order valence-corrected chi connectivity index (χ0v) is 16.5. The van der Waals surface area contributed by atoms with E-state index in [1.807, 2.05) is 20.0 Å². The lowest BCUT2D eigenvalue weighted by Crippen LogP contribution is -1.87. The minimum Gasteiger partial charge on any atom is -0.261 e. The monoisotopic (exact) mass is 342 g/mol. The van der Waals surface area contributed by atoms with Gasteiger partial charge in [0.25, 0.3) is 0 Å². The van der Waals surface area contributed by atoms with E-state index in [2.05, 4.69) is 80.1 Å². The molecule has 0 aliphatic rings. The van der Waals surface area contributed by atoms with Crippen LogP contribution in [0.1, 0.15) is 33.6 Å². The molecule has 0 amide bonds. The number of benzene rings is 2. The molecule has 2 aromatic carbocycles. The predicted octanol–water partition coefficient (Wildman–Crippen LogP) is 6.32. The van der Waals surface area contributed by atoms with Gasteiger partial charge in [-0.2, -0.15) is 0 Å². The average molecular weight is 342 g/mol. The Morgan fingerprint density at radius 3 is 2.00 bits per heavy atom. The normalized spacial score (nSPS) is 10.7. The van der Waals surface area contributed by atoms with Gasteiger partial charge in [0.2, 0.25) is 0 Å². The van der Waals surface area contributed by atoms with Gasteiger partial charge in [-0.05, 0) is 82.3 Å². The summed E-state index contributed by atoms with van der Waals surface area (Å²) >= 11 is 0. The Labute approximate surface area is 155 Å². The summed E-state index contributed by atoms with van der Waals surface area (Å²) in [5.74, 6) is 0. The Morgan fingerprint density at radius 2 is 1.27 bits per heavy atom. The van der Waals surface area contributed by atoms with Crippen LogP contribution >= 0.6 is 0 Å². The summed E-state index contributed by atoms with van der Waals surface area (Å²) in [5, 5.41) is 3.80. The number of hydrogen-bond acceptors (Lipinski definition) is 2. The lowest BCUT2D eigenvalue weighted by molar-refractivity contribution is 1.22. The van der Waals surface area contributed by atoms with Crippen LogP contribution in [0.15, 0.2) is 48.7 Å². The highest BCUT2D eigenvalue weighted by Crippen LogP contribution is 2.20. The third-order valence-corrected chi connectivity index (χ3v) is 4.59. The molecule has 0 bridgehead atoms. The van der Waals surface area contributed by atoms with Crippen LogP contribution < -0.4 is 0 Å². The predicted molar refractivity (Wildman–Crippen MR) is 112 cm³/mol. The van der Waals surface area contributed by atoms with Crippen molar-refractivity contribution in [3.63, 3.8) is 0 Å². The van der Waals surface area contributed by atoms with Gasteiger partial charge in [-0.3, -0.25) is 9.97 Å². The molecular formula is C24H26N2. The molecule has 132 valence electrons. The quantitative estimate of drug-likeness (QED) is 0.374. The van der Waals surface area contributed by atoms with Crippen LogP contribution in [-0.2, 0) is 0 Å². The van der Waals surface area contributed by atoms with E-state index in [-0.39, 0.29) is 0 Å². The van der Waals surface area contributed by atoms with Crippen molar-refractivity contribution in [1.82, 2.24) is 9.97 Å². The Bertz CT molecular complexity index is 1010. The molecule has 2 aromatic heterocycles. The van der Waals surface area contributed by atoms with E-state index in [1.165, 1.54) is 38.4 Å². The second-order valence-electron chi connectivity index (χ2n) is 7.23. The van der Waals surface area contributed by atoms with Crippen LogP contribution in [0, 0.1) is 41.5 Å². The first-order valence-electron chi connectivity index (χ1n) is 9.02. The van der Waals surface area contributed by atoms with Crippen molar-refractivity contribution >= 4 is 21.7 Å². The first-order valence-corrected chi connectivity index (χ1v) is 9.02. The van der Waals surface area contributed by atoms with Crippen molar-refractivity contribution in [2.24, 2.45) is 0 Å². The lowest BCUT2D eigenvalue weighted by Gasteiger charge is -2.04. The van der Waals surface area contributed by atoms with Gasteiger partial charge in [-0.1, -0.05) is 29.3 Å². The maximum atomic E-state index is 4.52. The van der Waals surface area contributed by atoms with Crippen molar-refractivity contribution in [1.29, 1.82) is 0 Å². The van der Waals surface area contributed by atoms with Crippen LogP contribution in [0.2, 0.25) is 0 Å². The Balaban J connectivity index is 0.000000151. The van der Waals surface area contributed by atoms with E-state index in [9.17, 15) is 0 Å². The molecule has 4 aromatic rings. The molecule has 2 nitrogen and oxygen atoms in total. The minimum atomic E-state index is 1.08. The molecule has 26 heavy (non-hydrogen) atoms. The number of pyridine rings is 2. The molecule has 0 saturated heterocycles. The maximum absolute atomic E-state index is 4.52. The van der Waals surface area contributed by atoms with E-state index >= 15 is 0 Å². The SMILES string of the molecule is Cc1cc(C)c2cc(C)ncc2c1.Cc1cc(C)c2nc(C)ccc2c1. The van der Waals surface area contributed by atoms with Crippen LogP contribution in [0.5, 0.6) is 0 Å². The largest absolute Gasteiger partial charge is 0.261 e. The van der Waals surface area contributed by atoms with Gasteiger partial charge in [0.15, 0.2) is 0 Å². The number of fused-ring (bicyclic) bond motifs is 2. The molecule has 2 heterocycles. The van der Waals surface area contributed by atoms with E-state index in [0.717, 1.165) is 16.9 Å². The summed E-state index contributed by atoms with van der Waals surface area (Å²) in [7, 11) is 0. The van der Waals surface area contributed by atoms with Gasteiger partial charge >= 0.3 is 0 Å². The Hall–Kier alpha value is -2.74. The van der Waals surface area contributed by atoms with Crippen LogP contribution in [0.3, 0.4) is 0 Å². The third kappa shape index (κ3) is 3.91. The fraction of sp³-hybridized carbons (Fsp3) is 0.250. The van der Waals surface area contributed by atoms with E-state index < -0.39 is 0 Å². The lowest BCUT2D eigenvalue weighted by atomic mass is 10.0. The highest BCUT2D eigenvalue weighted by Gasteiger charge is 2.00. The summed E-state index contributed by atoms with van der Waals surface area (Å²) in [6.07, 6.45) is 1.95. The topological polar surface area (TPSA) is 25.8 Å². The number of rotatable bonds is 0. The van der Waals surface area contributed by atoms with Crippen molar-refractivity contribution in [3.8, 4) is 0 Å². The second kappa shape index (κ2) is 7.25. The molecular weight excluding hydrogens is 316 g/mol. The van der Waals surface area contributed by atoms with Gasteiger partial charge in [0, 0.05) is 28.4 Å². The molecule has 0 radical (unpaired) electrons. The molecule has 0 atom stereocenters. The van der Waals surface area contributed by atoms with Gasteiger partial charge < -0.3 is 0 Å². The fourth-order valence-electron chi connectivity index (χ4n) is 3.43. The first kappa shape index (κ1) is 18.1. The summed E-state index contributed by atoms with van der Waals surface area (Å²) in [5.41, 5.74) is 8.50. The average Bonchev–Trinajstić information content (AvgIpc) is 2.57. The molecule has 0 N–H and O–H groups in total. The van der Waals surface area contributed by atoms with E-state index in [4.69, 9.17) is 0 Å². The molecule has 0 aliphatic carbocycles. The highest BCUT2D eigenvalue weighted by molar-refractivity contribution is 5.86. The number of aromatic nitrogens is 2. The summed E-state index contributed by atoms with van der Waals surface area (Å²) in [6, 6.07) is 15.1. The smallest absolute Gasteiger partial charge is 0.0734 e. The van der Waals surface area contributed by atoms with Gasteiger partial charge in [-0.25, -0.2) is 0 Å². The molecule has 2 heteroatoms. The van der Waals surface area contributed by atoms with Crippen molar-refractivity contribution in [2.75, 3.05) is 0 Å². The van der Waals surface area contributed by atoms with Crippen molar-refractivity contribution < 1.29 is 0 Å². The number of nitrogens with zero attached hydrogens (tertiary/aromatic N) is 2. The van der Waals surface area contributed by atoms with E-state index in [1.54, 1.807) is 0 Å². The summed E-state index contributed by atoms with van der Waals surface area (Å²) < 4.78 is 0. The minimum absolute atomic E-state index is 1.08. The van der Waals surface area contributed by atoms with Crippen molar-refractivity contribution in [2.45, 2.75) is 41.5 Å². The molecule has 0 spiro atoms. The molecule has 0 fully saturated rings. The summed E-state index contributed by atoms with van der Waals surface area (Å²) in [4.78, 5) is 8.81. The first-order chi connectivity index (χ1) is 12.3. The highest BCUT2D eigenvalue weighted by atomic mass is 14.7. The third-order valence-electron chi connectivity index (χ3n) is 4.59. The maximum Gasteiger partial charge on any atom is 0.0734 e. The van der Waals surface area contributed by atoms with Crippen LogP contribution in [-0.4, -0.2) is 9.97 Å². The fourth-order valence-corrected chi connectivity index (χ4v) is 3.43. The summed E-state index contributed by atoms with van der Waals surface area (Å²) in [6.45, 7) is 12.5. The van der Waals surface area contributed by atoms with Gasteiger partial charge in [0.05, 0.1) is 5.52 Å². The number of aryl methyl sites for hydroxylation is 6. The standard InChI is InChI=1S/2C12H13N/c1-8-4-9(2)12-6-10(3)13-7-11(12)5-8;1-8-6-9(2)12-11(7-8)5-4-10(3)13-12/h2*4-7H,1-3H3. The van der Waals surface area contributed by atoms with Crippen LogP contribution in [0.25, 0.3) is 21.7 Å². The zero-order valence-electron chi connectivity index (χ0n) is 16.5. The van der Waals surface area contributed by atoms with Gasteiger partial charge in [0.1, 0.15) is 0 Å². The van der Waals surface area contributed by atoms with E-state index in [0.29, 0.717) is 0 Å². The molecule has 0 unspecified atom stereocenters. The van der Waals surface area contributed by atoms with Crippen molar-refractivity contribution in [3.05, 3.63) is 82.3 Å². The Morgan fingerprint density at radius 1 is 0.615 bits per heavy atom. The number of hydrogen-bond donors (Lipinski definition) is 0. The molecule has 0 saturated carbocycles. The molecule has 4 rings (SSSR count). The zero-order chi connectivity index (χ0) is 18.8. The Kier molecular flexibility index (Phi) is 5.03.